The van der Waals surface area contributed by atoms with Crippen LogP contribution in [-0.4, -0.2) is 39.0 Å². The van der Waals surface area contributed by atoms with E-state index in [0.29, 0.717) is 19.1 Å². The lowest BCUT2D eigenvalue weighted by Crippen LogP contribution is -2.30. The van der Waals surface area contributed by atoms with Gasteiger partial charge in [-0.3, -0.25) is 0 Å². The second-order valence-corrected chi connectivity index (χ2v) is 6.81. The van der Waals surface area contributed by atoms with Gasteiger partial charge in [-0.05, 0) is 50.5 Å². The van der Waals surface area contributed by atoms with E-state index in [0.717, 1.165) is 45.3 Å². The third-order valence-electron chi connectivity index (χ3n) is 4.68. The number of hydrogen-bond acceptors (Lipinski definition) is 4. The van der Waals surface area contributed by atoms with Crippen LogP contribution in [0, 0.1) is 5.92 Å². The van der Waals surface area contributed by atoms with E-state index in [1.807, 2.05) is 0 Å². The summed E-state index contributed by atoms with van der Waals surface area (Å²) < 4.78 is 23.4. The van der Waals surface area contributed by atoms with Gasteiger partial charge >= 0.3 is 0 Å². The van der Waals surface area contributed by atoms with Crippen molar-refractivity contribution < 1.29 is 18.9 Å². The lowest BCUT2D eigenvalue weighted by atomic mass is 10.0. The van der Waals surface area contributed by atoms with Crippen LogP contribution in [0.25, 0.3) is 0 Å². The highest BCUT2D eigenvalue weighted by Crippen LogP contribution is 2.19. The maximum absolute atomic E-state index is 6.01. The van der Waals surface area contributed by atoms with Crippen molar-refractivity contribution in [3.05, 3.63) is 35.9 Å². The van der Waals surface area contributed by atoms with Crippen molar-refractivity contribution in [2.75, 3.05) is 26.4 Å². The molecule has 2 heterocycles. The summed E-state index contributed by atoms with van der Waals surface area (Å²) in [4.78, 5) is 0. The molecule has 2 fully saturated rings. The molecule has 0 amide bonds. The third kappa shape index (κ3) is 6.17. The SMILES string of the molecule is c1ccc(CC(COC2CCCCO2)COC2CCCCO2)cc1. The van der Waals surface area contributed by atoms with E-state index in [1.165, 1.54) is 18.4 Å². The molecule has 2 aliphatic rings. The molecule has 0 aromatic heterocycles. The van der Waals surface area contributed by atoms with E-state index in [1.54, 1.807) is 0 Å². The molecule has 1 aromatic carbocycles. The van der Waals surface area contributed by atoms with E-state index < -0.39 is 0 Å². The predicted octanol–water partition coefficient (Wildman–Crippen LogP) is 3.93. The molecule has 134 valence electrons. The topological polar surface area (TPSA) is 36.9 Å². The van der Waals surface area contributed by atoms with Crippen LogP contribution in [0.1, 0.15) is 44.1 Å². The highest BCUT2D eigenvalue weighted by molar-refractivity contribution is 5.15. The fourth-order valence-electron chi connectivity index (χ4n) is 3.29. The molecule has 2 unspecified atom stereocenters. The van der Waals surface area contributed by atoms with Crippen LogP contribution in [0.4, 0.5) is 0 Å². The first-order chi connectivity index (χ1) is 11.9. The Kier molecular flexibility index (Phi) is 7.55. The third-order valence-corrected chi connectivity index (χ3v) is 4.68. The molecule has 1 aromatic rings. The molecular weight excluding hydrogens is 304 g/mol. The fraction of sp³-hybridized carbons (Fsp3) is 0.700. The number of ether oxygens (including phenoxy) is 4. The quantitative estimate of drug-likeness (QED) is 0.722. The summed E-state index contributed by atoms with van der Waals surface area (Å²) in [5.74, 6) is 0.323. The maximum atomic E-state index is 6.01. The second-order valence-electron chi connectivity index (χ2n) is 6.81. The van der Waals surface area contributed by atoms with Crippen molar-refractivity contribution in [3.63, 3.8) is 0 Å². The van der Waals surface area contributed by atoms with Gasteiger partial charge in [-0.15, -0.1) is 0 Å². The first kappa shape index (κ1) is 17.9. The van der Waals surface area contributed by atoms with Gasteiger partial charge in [-0.2, -0.15) is 0 Å². The molecule has 2 saturated heterocycles. The van der Waals surface area contributed by atoms with Crippen LogP contribution >= 0.6 is 0 Å². The van der Waals surface area contributed by atoms with Crippen LogP contribution in [0.3, 0.4) is 0 Å². The average molecular weight is 334 g/mol. The van der Waals surface area contributed by atoms with Gasteiger partial charge in [-0.25, -0.2) is 0 Å². The lowest BCUT2D eigenvalue weighted by Gasteiger charge is -2.28. The molecule has 4 heteroatoms. The minimum atomic E-state index is -0.0389. The first-order valence-electron chi connectivity index (χ1n) is 9.40. The molecule has 0 saturated carbocycles. The van der Waals surface area contributed by atoms with Crippen molar-refractivity contribution in [2.24, 2.45) is 5.92 Å². The Morgan fingerprint density at radius 2 is 1.42 bits per heavy atom. The van der Waals surface area contributed by atoms with Gasteiger partial charge in [0.15, 0.2) is 12.6 Å². The summed E-state index contributed by atoms with van der Waals surface area (Å²) in [6.07, 6.45) is 7.58. The first-order valence-corrected chi connectivity index (χ1v) is 9.40. The molecule has 0 radical (unpaired) electrons. The Labute approximate surface area is 145 Å². The van der Waals surface area contributed by atoms with Crippen molar-refractivity contribution in [2.45, 2.75) is 57.5 Å². The summed E-state index contributed by atoms with van der Waals surface area (Å²) in [6, 6.07) is 10.6. The monoisotopic (exact) mass is 334 g/mol. The van der Waals surface area contributed by atoms with E-state index in [4.69, 9.17) is 18.9 Å². The van der Waals surface area contributed by atoms with Crippen LogP contribution in [0.15, 0.2) is 30.3 Å². The number of hydrogen-bond donors (Lipinski definition) is 0. The van der Waals surface area contributed by atoms with Crippen molar-refractivity contribution in [1.29, 1.82) is 0 Å². The average Bonchev–Trinajstić information content (AvgIpc) is 2.66. The number of benzene rings is 1. The van der Waals surface area contributed by atoms with Gasteiger partial charge in [0, 0.05) is 19.1 Å². The van der Waals surface area contributed by atoms with Crippen molar-refractivity contribution >= 4 is 0 Å². The molecule has 0 aliphatic carbocycles. The summed E-state index contributed by atoms with van der Waals surface area (Å²) in [5, 5.41) is 0. The van der Waals surface area contributed by atoms with Crippen molar-refractivity contribution in [1.82, 2.24) is 0 Å². The Hall–Kier alpha value is -0.940. The van der Waals surface area contributed by atoms with Crippen LogP contribution in [0.2, 0.25) is 0 Å². The molecule has 2 aliphatic heterocycles. The van der Waals surface area contributed by atoms with E-state index >= 15 is 0 Å². The molecule has 0 bridgehead atoms. The smallest absolute Gasteiger partial charge is 0.157 e. The van der Waals surface area contributed by atoms with Crippen LogP contribution in [-0.2, 0) is 25.4 Å². The van der Waals surface area contributed by atoms with Gasteiger partial charge in [0.1, 0.15) is 0 Å². The minimum absolute atomic E-state index is 0.0389. The normalized spacial score (nSPS) is 26.2. The highest BCUT2D eigenvalue weighted by Gasteiger charge is 2.20. The number of rotatable bonds is 8. The standard InChI is InChI=1S/C20H30O4/c1-2-8-17(9-3-1)14-18(15-23-19-10-4-6-12-21-19)16-24-20-11-5-7-13-22-20/h1-3,8-9,18-20H,4-7,10-16H2. The van der Waals surface area contributed by atoms with E-state index in [9.17, 15) is 0 Å². The zero-order valence-electron chi connectivity index (χ0n) is 14.5. The predicted molar refractivity (Wildman–Crippen MR) is 92.7 cm³/mol. The minimum Gasteiger partial charge on any atom is -0.353 e. The van der Waals surface area contributed by atoms with Crippen LogP contribution in [0.5, 0.6) is 0 Å². The molecule has 4 nitrogen and oxygen atoms in total. The summed E-state index contributed by atoms with van der Waals surface area (Å²) in [5.41, 5.74) is 1.32. The summed E-state index contributed by atoms with van der Waals surface area (Å²) in [6.45, 7) is 2.99. The molecule has 0 N–H and O–H groups in total. The largest absolute Gasteiger partial charge is 0.353 e. The van der Waals surface area contributed by atoms with Gasteiger partial charge in [-0.1, -0.05) is 30.3 Å². The zero-order chi connectivity index (χ0) is 16.5. The second kappa shape index (κ2) is 10.1. The zero-order valence-corrected chi connectivity index (χ0v) is 14.5. The lowest BCUT2D eigenvalue weighted by molar-refractivity contribution is -0.190. The van der Waals surface area contributed by atoms with Crippen LogP contribution < -0.4 is 0 Å². The Morgan fingerprint density at radius 3 is 1.92 bits per heavy atom. The molecule has 2 atom stereocenters. The molecule has 24 heavy (non-hydrogen) atoms. The van der Waals surface area contributed by atoms with Crippen molar-refractivity contribution in [3.8, 4) is 0 Å². The Balaban J connectivity index is 1.48. The maximum Gasteiger partial charge on any atom is 0.157 e. The highest BCUT2D eigenvalue weighted by atomic mass is 16.7. The molecule has 0 spiro atoms. The summed E-state index contributed by atoms with van der Waals surface area (Å²) >= 11 is 0. The van der Waals surface area contributed by atoms with E-state index in [-0.39, 0.29) is 12.6 Å². The van der Waals surface area contributed by atoms with E-state index in [2.05, 4.69) is 30.3 Å². The molecular formula is C20H30O4. The Bertz CT molecular complexity index is 416. The van der Waals surface area contributed by atoms with Gasteiger partial charge in [0.25, 0.3) is 0 Å². The van der Waals surface area contributed by atoms with Gasteiger partial charge in [0.2, 0.25) is 0 Å². The molecule has 3 rings (SSSR count). The van der Waals surface area contributed by atoms with Gasteiger partial charge < -0.3 is 18.9 Å². The summed E-state index contributed by atoms with van der Waals surface area (Å²) in [7, 11) is 0. The Morgan fingerprint density at radius 1 is 0.833 bits per heavy atom. The fourth-order valence-corrected chi connectivity index (χ4v) is 3.29. The van der Waals surface area contributed by atoms with Gasteiger partial charge in [0.05, 0.1) is 13.2 Å².